The van der Waals surface area contributed by atoms with E-state index in [1.54, 1.807) is 6.92 Å². The summed E-state index contributed by atoms with van der Waals surface area (Å²) in [6.07, 6.45) is 0. The number of benzene rings is 1. The van der Waals surface area contributed by atoms with Crippen LogP contribution in [0.5, 0.6) is 0 Å². The van der Waals surface area contributed by atoms with Gasteiger partial charge in [0, 0.05) is 19.7 Å². The highest BCUT2D eigenvalue weighted by atomic mass is 32.2. The zero-order valence-corrected chi connectivity index (χ0v) is 11.8. The van der Waals surface area contributed by atoms with Gasteiger partial charge in [0.15, 0.2) is 0 Å². The number of nitrogens with zero attached hydrogens (tertiary/aromatic N) is 3. The van der Waals surface area contributed by atoms with Crippen molar-refractivity contribution in [1.82, 2.24) is 4.31 Å². The molecule has 2 N–H and O–H groups in total. The van der Waals surface area contributed by atoms with Gasteiger partial charge in [0.2, 0.25) is 10.0 Å². The number of nitrogen functional groups attached to an aromatic ring is 1. The van der Waals surface area contributed by atoms with E-state index in [0.29, 0.717) is 0 Å². The van der Waals surface area contributed by atoms with E-state index in [0.717, 1.165) is 10.4 Å². The number of nitro benzene ring substituents is 1. The maximum Gasteiger partial charge on any atom is 0.293 e. The van der Waals surface area contributed by atoms with Crippen LogP contribution >= 0.6 is 0 Å². The number of nitrogens with two attached hydrogens (primary N) is 1. The first-order valence-electron chi connectivity index (χ1n) is 5.60. The average Bonchev–Trinajstić information content (AvgIpc) is 2.38. The SMILES string of the molecule is CC(C#N)CN(C)S(=O)(=O)c1ccc(N)c([N+](=O)[O-])c1. The molecule has 1 rings (SSSR count). The van der Waals surface area contributed by atoms with E-state index in [2.05, 4.69) is 0 Å². The summed E-state index contributed by atoms with van der Waals surface area (Å²) in [5.74, 6) is -0.487. The topological polar surface area (TPSA) is 130 Å². The summed E-state index contributed by atoms with van der Waals surface area (Å²) in [5, 5.41) is 19.5. The highest BCUT2D eigenvalue weighted by Crippen LogP contribution is 2.26. The third-order valence-electron chi connectivity index (χ3n) is 2.66. The number of hydrogen-bond acceptors (Lipinski definition) is 6. The van der Waals surface area contributed by atoms with Crippen LogP contribution in [-0.2, 0) is 10.0 Å². The zero-order chi connectivity index (χ0) is 15.5. The lowest BCUT2D eigenvalue weighted by Gasteiger charge is -2.18. The number of rotatable bonds is 5. The standard InChI is InChI=1S/C11H14N4O4S/c1-8(6-12)7-14(2)20(18,19)9-3-4-10(13)11(5-9)15(16)17/h3-5,8H,7,13H2,1-2H3. The van der Waals surface area contributed by atoms with Crippen molar-refractivity contribution in [1.29, 1.82) is 5.26 Å². The number of nitro groups is 1. The minimum Gasteiger partial charge on any atom is -0.393 e. The van der Waals surface area contributed by atoms with Gasteiger partial charge in [-0.15, -0.1) is 0 Å². The Labute approximate surface area is 116 Å². The normalized spacial score (nSPS) is 12.9. The van der Waals surface area contributed by atoms with Crippen molar-refractivity contribution in [3.8, 4) is 6.07 Å². The second-order valence-electron chi connectivity index (χ2n) is 4.29. The van der Waals surface area contributed by atoms with Crippen LogP contribution in [0.25, 0.3) is 0 Å². The third-order valence-corrected chi connectivity index (χ3v) is 4.48. The maximum absolute atomic E-state index is 12.2. The molecule has 0 saturated heterocycles. The van der Waals surface area contributed by atoms with Gasteiger partial charge in [0.1, 0.15) is 5.69 Å². The Morgan fingerprint density at radius 2 is 2.15 bits per heavy atom. The molecule has 0 spiro atoms. The molecule has 0 bridgehead atoms. The summed E-state index contributed by atoms with van der Waals surface area (Å²) in [5.41, 5.74) is 4.84. The van der Waals surface area contributed by atoms with Gasteiger partial charge in [0.25, 0.3) is 5.69 Å². The van der Waals surface area contributed by atoms with Crippen molar-refractivity contribution < 1.29 is 13.3 Å². The molecule has 0 fully saturated rings. The summed E-state index contributed by atoms with van der Waals surface area (Å²) in [7, 11) is -2.58. The lowest BCUT2D eigenvalue weighted by atomic mass is 10.2. The molecule has 0 radical (unpaired) electrons. The van der Waals surface area contributed by atoms with E-state index >= 15 is 0 Å². The average molecular weight is 298 g/mol. The molecule has 9 heteroatoms. The van der Waals surface area contributed by atoms with Gasteiger partial charge in [-0.2, -0.15) is 9.57 Å². The smallest absolute Gasteiger partial charge is 0.293 e. The summed E-state index contributed by atoms with van der Waals surface area (Å²) in [6.45, 7) is 1.58. The predicted molar refractivity (Wildman–Crippen MR) is 72.1 cm³/mol. The van der Waals surface area contributed by atoms with E-state index in [4.69, 9.17) is 11.0 Å². The second kappa shape index (κ2) is 5.85. The highest BCUT2D eigenvalue weighted by molar-refractivity contribution is 7.89. The molecule has 108 valence electrons. The van der Waals surface area contributed by atoms with E-state index in [1.165, 1.54) is 19.2 Å². The number of hydrogen-bond donors (Lipinski definition) is 1. The van der Waals surface area contributed by atoms with E-state index in [1.807, 2.05) is 6.07 Å². The molecule has 0 aliphatic carbocycles. The van der Waals surface area contributed by atoms with Gasteiger partial charge in [-0.3, -0.25) is 10.1 Å². The molecular formula is C11H14N4O4S. The molecule has 0 heterocycles. The largest absolute Gasteiger partial charge is 0.393 e. The second-order valence-corrected chi connectivity index (χ2v) is 6.34. The van der Waals surface area contributed by atoms with Gasteiger partial charge in [-0.05, 0) is 19.1 Å². The minimum atomic E-state index is -3.89. The van der Waals surface area contributed by atoms with Crippen LogP contribution in [0.4, 0.5) is 11.4 Å². The molecule has 1 aromatic carbocycles. The Balaban J connectivity index is 3.20. The Morgan fingerprint density at radius 1 is 1.55 bits per heavy atom. The Bertz CT molecular complexity index is 665. The van der Waals surface area contributed by atoms with Crippen LogP contribution in [0, 0.1) is 27.4 Å². The van der Waals surface area contributed by atoms with E-state index in [9.17, 15) is 18.5 Å². The fourth-order valence-corrected chi connectivity index (χ4v) is 2.83. The molecule has 20 heavy (non-hydrogen) atoms. The van der Waals surface area contributed by atoms with Gasteiger partial charge < -0.3 is 5.73 Å². The minimum absolute atomic E-state index is 0.00297. The van der Waals surface area contributed by atoms with Gasteiger partial charge in [-0.1, -0.05) is 0 Å². The van der Waals surface area contributed by atoms with E-state index < -0.39 is 26.6 Å². The molecule has 0 aromatic heterocycles. The first-order chi connectivity index (χ1) is 9.20. The van der Waals surface area contributed by atoms with Crippen LogP contribution in [0.15, 0.2) is 23.1 Å². The first kappa shape index (κ1) is 15.9. The molecule has 0 aliphatic heterocycles. The number of anilines is 1. The van der Waals surface area contributed by atoms with Gasteiger partial charge >= 0.3 is 0 Å². The van der Waals surface area contributed by atoms with Gasteiger partial charge in [0.05, 0.1) is 21.8 Å². The summed E-state index contributed by atoms with van der Waals surface area (Å²) in [6, 6.07) is 5.21. The zero-order valence-electron chi connectivity index (χ0n) is 11.0. The third kappa shape index (κ3) is 3.23. The molecular weight excluding hydrogens is 284 g/mol. The van der Waals surface area contributed by atoms with Crippen molar-refractivity contribution in [2.45, 2.75) is 11.8 Å². The fraction of sp³-hybridized carbons (Fsp3) is 0.364. The Kier molecular flexibility index (Phi) is 4.65. The van der Waals surface area contributed by atoms with E-state index in [-0.39, 0.29) is 17.1 Å². The number of sulfonamides is 1. The van der Waals surface area contributed by atoms with Crippen LogP contribution in [0.2, 0.25) is 0 Å². The molecule has 1 aromatic rings. The molecule has 1 atom stereocenters. The van der Waals surface area contributed by atoms with Crippen molar-refractivity contribution in [3.63, 3.8) is 0 Å². The van der Waals surface area contributed by atoms with Crippen molar-refractivity contribution in [2.75, 3.05) is 19.3 Å². The van der Waals surface area contributed by atoms with Crippen molar-refractivity contribution in [2.24, 2.45) is 5.92 Å². The van der Waals surface area contributed by atoms with Crippen LogP contribution in [-0.4, -0.2) is 31.2 Å². The first-order valence-corrected chi connectivity index (χ1v) is 7.04. The van der Waals surface area contributed by atoms with Crippen LogP contribution in [0.3, 0.4) is 0 Å². The lowest BCUT2D eigenvalue weighted by molar-refractivity contribution is -0.384. The Hall–Kier alpha value is -2.18. The van der Waals surface area contributed by atoms with Crippen LogP contribution < -0.4 is 5.73 Å². The summed E-state index contributed by atoms with van der Waals surface area (Å²) in [4.78, 5) is 9.79. The van der Waals surface area contributed by atoms with Crippen molar-refractivity contribution >= 4 is 21.4 Å². The fourth-order valence-electron chi connectivity index (χ4n) is 1.55. The molecule has 0 aliphatic rings. The maximum atomic E-state index is 12.2. The Morgan fingerprint density at radius 3 is 2.65 bits per heavy atom. The van der Waals surface area contributed by atoms with Gasteiger partial charge in [-0.25, -0.2) is 8.42 Å². The molecule has 0 saturated carbocycles. The lowest BCUT2D eigenvalue weighted by Crippen LogP contribution is -2.30. The van der Waals surface area contributed by atoms with Crippen molar-refractivity contribution in [3.05, 3.63) is 28.3 Å². The quantitative estimate of drug-likeness (QED) is 0.489. The highest BCUT2D eigenvalue weighted by Gasteiger charge is 2.25. The monoisotopic (exact) mass is 298 g/mol. The summed E-state index contributed by atoms with van der Waals surface area (Å²) >= 11 is 0. The summed E-state index contributed by atoms with van der Waals surface area (Å²) < 4.78 is 25.4. The predicted octanol–water partition coefficient (Wildman–Crippen LogP) is 0.957. The molecule has 0 amide bonds. The van der Waals surface area contributed by atoms with Crippen LogP contribution in [0.1, 0.15) is 6.92 Å². The molecule has 8 nitrogen and oxygen atoms in total. The number of nitriles is 1. The molecule has 1 unspecified atom stereocenters.